The van der Waals surface area contributed by atoms with Crippen LogP contribution in [0.2, 0.25) is 0 Å². The second-order valence-corrected chi connectivity index (χ2v) is 3.26. The fraction of sp³-hybridized carbons (Fsp3) is 0.545. The summed E-state index contributed by atoms with van der Waals surface area (Å²) in [5.74, 6) is 0.624. The van der Waals surface area contributed by atoms with Crippen LogP contribution in [0.5, 0.6) is 5.88 Å². The molecule has 84 valence electrons. The van der Waals surface area contributed by atoms with E-state index in [0.29, 0.717) is 19.0 Å². The molecule has 0 amide bonds. The van der Waals surface area contributed by atoms with Crippen LogP contribution in [0.3, 0.4) is 0 Å². The topological polar surface area (TPSA) is 54.4 Å². The average Bonchev–Trinajstić information content (AvgIpc) is 2.28. The predicted octanol–water partition coefficient (Wildman–Crippen LogP) is 1.66. The first kappa shape index (κ1) is 11.8. The third-order valence-corrected chi connectivity index (χ3v) is 2.04. The summed E-state index contributed by atoms with van der Waals surface area (Å²) in [6.07, 6.45) is 2.14. The Bertz CT molecular complexity index is 274. The van der Waals surface area contributed by atoms with E-state index in [1.165, 1.54) is 0 Å². The minimum absolute atomic E-state index is 0.309. The van der Waals surface area contributed by atoms with Crippen molar-refractivity contribution in [1.82, 2.24) is 4.98 Å². The van der Waals surface area contributed by atoms with Crippen LogP contribution in [0.25, 0.3) is 0 Å². The lowest BCUT2D eigenvalue weighted by Crippen LogP contribution is -2.18. The molecule has 0 bridgehead atoms. The molecule has 1 unspecified atom stereocenters. The molecule has 0 saturated heterocycles. The highest BCUT2D eigenvalue weighted by molar-refractivity contribution is 5.42. The summed E-state index contributed by atoms with van der Waals surface area (Å²) in [4.78, 5) is 4.11. The van der Waals surface area contributed by atoms with Gasteiger partial charge in [-0.2, -0.15) is 0 Å². The van der Waals surface area contributed by atoms with Gasteiger partial charge >= 0.3 is 0 Å². The number of pyridine rings is 1. The molecule has 4 nitrogen and oxygen atoms in total. The smallest absolute Gasteiger partial charge is 0.213 e. The van der Waals surface area contributed by atoms with Crippen LogP contribution in [-0.2, 0) is 0 Å². The van der Waals surface area contributed by atoms with Crippen LogP contribution < -0.4 is 10.1 Å². The Labute approximate surface area is 90.3 Å². The van der Waals surface area contributed by atoms with E-state index >= 15 is 0 Å². The first-order valence-electron chi connectivity index (χ1n) is 5.27. The molecule has 0 spiro atoms. The minimum Gasteiger partial charge on any atom is -0.478 e. The molecule has 1 rings (SSSR count). The minimum atomic E-state index is -0.309. The van der Waals surface area contributed by atoms with Crippen molar-refractivity contribution in [1.29, 1.82) is 0 Å². The van der Waals surface area contributed by atoms with Crippen molar-refractivity contribution in [2.24, 2.45) is 0 Å². The molecule has 0 saturated carbocycles. The summed E-state index contributed by atoms with van der Waals surface area (Å²) in [5.41, 5.74) is 0.894. The van der Waals surface area contributed by atoms with Gasteiger partial charge in [-0.25, -0.2) is 4.98 Å². The summed E-state index contributed by atoms with van der Waals surface area (Å²) in [6, 6.07) is 3.70. The van der Waals surface area contributed by atoms with Crippen LogP contribution in [0.15, 0.2) is 18.3 Å². The van der Waals surface area contributed by atoms with Gasteiger partial charge in [-0.3, -0.25) is 0 Å². The van der Waals surface area contributed by atoms with E-state index in [2.05, 4.69) is 10.3 Å². The molecule has 1 aromatic rings. The van der Waals surface area contributed by atoms with Gasteiger partial charge < -0.3 is 15.2 Å². The average molecular weight is 210 g/mol. The van der Waals surface area contributed by atoms with Crippen molar-refractivity contribution in [2.45, 2.75) is 26.4 Å². The lowest BCUT2D eigenvalue weighted by atomic mass is 10.3. The number of nitrogens with one attached hydrogen (secondary N) is 1. The van der Waals surface area contributed by atoms with E-state index in [0.717, 1.165) is 12.1 Å². The number of aliphatic hydroxyl groups excluding tert-OH is 1. The van der Waals surface area contributed by atoms with Crippen LogP contribution in [0.1, 0.15) is 20.3 Å². The van der Waals surface area contributed by atoms with E-state index < -0.39 is 0 Å². The van der Waals surface area contributed by atoms with E-state index in [-0.39, 0.29) is 6.10 Å². The van der Waals surface area contributed by atoms with Crippen LogP contribution >= 0.6 is 0 Å². The Hall–Kier alpha value is -1.29. The zero-order valence-electron chi connectivity index (χ0n) is 9.23. The zero-order chi connectivity index (χ0) is 11.1. The van der Waals surface area contributed by atoms with Crippen molar-refractivity contribution in [3.05, 3.63) is 18.3 Å². The Morgan fingerprint density at radius 1 is 1.47 bits per heavy atom. The van der Waals surface area contributed by atoms with Gasteiger partial charge in [0.25, 0.3) is 0 Å². The molecule has 1 atom stereocenters. The highest BCUT2D eigenvalue weighted by Gasteiger charge is 2.00. The van der Waals surface area contributed by atoms with Crippen LogP contribution in [-0.4, -0.2) is 29.3 Å². The summed E-state index contributed by atoms with van der Waals surface area (Å²) >= 11 is 0. The molecule has 1 aromatic heterocycles. The van der Waals surface area contributed by atoms with Gasteiger partial charge in [0, 0.05) is 12.6 Å². The highest BCUT2D eigenvalue weighted by Crippen LogP contribution is 2.11. The molecular formula is C11H18N2O2. The van der Waals surface area contributed by atoms with E-state index in [1.807, 2.05) is 26.0 Å². The molecular weight excluding hydrogens is 192 g/mol. The molecule has 0 aliphatic heterocycles. The first-order valence-corrected chi connectivity index (χ1v) is 5.27. The number of hydrogen-bond acceptors (Lipinski definition) is 4. The second-order valence-electron chi connectivity index (χ2n) is 3.26. The number of rotatable bonds is 6. The zero-order valence-corrected chi connectivity index (χ0v) is 9.23. The van der Waals surface area contributed by atoms with E-state index in [9.17, 15) is 5.11 Å². The van der Waals surface area contributed by atoms with Gasteiger partial charge in [-0.05, 0) is 19.4 Å². The van der Waals surface area contributed by atoms with E-state index in [4.69, 9.17) is 4.74 Å². The van der Waals surface area contributed by atoms with Crippen molar-refractivity contribution in [3.8, 4) is 5.88 Å². The van der Waals surface area contributed by atoms with Crippen LogP contribution in [0.4, 0.5) is 5.69 Å². The molecule has 15 heavy (non-hydrogen) atoms. The Kier molecular flexibility index (Phi) is 4.90. The number of hydrogen-bond donors (Lipinski definition) is 2. The Balaban J connectivity index is 2.42. The molecule has 0 radical (unpaired) electrons. The van der Waals surface area contributed by atoms with Crippen molar-refractivity contribution >= 4 is 5.69 Å². The summed E-state index contributed by atoms with van der Waals surface area (Å²) in [5, 5.41) is 12.4. The number of aliphatic hydroxyl groups is 1. The van der Waals surface area contributed by atoms with Gasteiger partial charge in [0.05, 0.1) is 24.6 Å². The van der Waals surface area contributed by atoms with Crippen molar-refractivity contribution < 1.29 is 9.84 Å². The molecule has 1 heterocycles. The quantitative estimate of drug-likeness (QED) is 0.749. The maximum Gasteiger partial charge on any atom is 0.213 e. The first-order chi connectivity index (χ1) is 7.26. The van der Waals surface area contributed by atoms with Crippen molar-refractivity contribution in [2.75, 3.05) is 18.5 Å². The maximum atomic E-state index is 9.35. The summed E-state index contributed by atoms with van der Waals surface area (Å²) < 4.78 is 5.22. The monoisotopic (exact) mass is 210 g/mol. The van der Waals surface area contributed by atoms with Crippen molar-refractivity contribution in [3.63, 3.8) is 0 Å². The SMILES string of the molecule is CCOc1ccc(NCC(O)CC)cn1. The largest absolute Gasteiger partial charge is 0.478 e. The number of anilines is 1. The predicted molar refractivity (Wildman–Crippen MR) is 60.2 cm³/mol. The maximum absolute atomic E-state index is 9.35. The molecule has 2 N–H and O–H groups in total. The van der Waals surface area contributed by atoms with E-state index in [1.54, 1.807) is 6.20 Å². The third-order valence-electron chi connectivity index (χ3n) is 2.04. The normalized spacial score (nSPS) is 12.2. The lowest BCUT2D eigenvalue weighted by molar-refractivity contribution is 0.183. The Morgan fingerprint density at radius 2 is 2.27 bits per heavy atom. The van der Waals surface area contributed by atoms with Gasteiger partial charge in [0.1, 0.15) is 0 Å². The number of aromatic nitrogens is 1. The second kappa shape index (κ2) is 6.24. The fourth-order valence-electron chi connectivity index (χ4n) is 1.10. The third kappa shape index (κ3) is 4.16. The fourth-order valence-corrected chi connectivity index (χ4v) is 1.10. The molecule has 0 aliphatic rings. The number of nitrogens with zero attached hydrogens (tertiary/aromatic N) is 1. The van der Waals surface area contributed by atoms with Gasteiger partial charge in [0.15, 0.2) is 0 Å². The number of ether oxygens (including phenoxy) is 1. The lowest BCUT2D eigenvalue weighted by Gasteiger charge is -2.10. The molecule has 0 fully saturated rings. The summed E-state index contributed by atoms with van der Waals surface area (Å²) in [7, 11) is 0. The van der Waals surface area contributed by atoms with Gasteiger partial charge in [-0.15, -0.1) is 0 Å². The molecule has 0 aliphatic carbocycles. The van der Waals surface area contributed by atoms with Gasteiger partial charge in [0.2, 0.25) is 5.88 Å². The molecule has 4 heteroatoms. The standard InChI is InChI=1S/C11H18N2O2/c1-3-10(14)8-12-9-5-6-11(13-7-9)15-4-2/h5-7,10,12,14H,3-4,8H2,1-2H3. The molecule has 0 aromatic carbocycles. The highest BCUT2D eigenvalue weighted by atomic mass is 16.5. The van der Waals surface area contributed by atoms with Gasteiger partial charge in [-0.1, -0.05) is 6.92 Å². The Morgan fingerprint density at radius 3 is 2.80 bits per heavy atom. The van der Waals surface area contributed by atoms with Crippen LogP contribution in [0, 0.1) is 0 Å². The summed E-state index contributed by atoms with van der Waals surface area (Å²) in [6.45, 7) is 5.04.